The molecule has 0 fully saturated rings. The summed E-state index contributed by atoms with van der Waals surface area (Å²) in [6.07, 6.45) is 1.79. The Bertz CT molecular complexity index is 1090. The second-order valence-electron chi connectivity index (χ2n) is 13.1. The third-order valence-electron chi connectivity index (χ3n) is 7.29. The molecule has 0 bridgehead atoms. The number of benzene rings is 2. The minimum absolute atomic E-state index is 0.0582. The second kappa shape index (κ2) is 16.1. The molecule has 42 heavy (non-hydrogen) atoms. The third kappa shape index (κ3) is 11.8. The maximum atomic E-state index is 12.2. The van der Waals surface area contributed by atoms with Gasteiger partial charge in [0.1, 0.15) is 19.0 Å². The van der Waals surface area contributed by atoms with E-state index in [-0.39, 0.29) is 49.0 Å². The van der Waals surface area contributed by atoms with E-state index in [9.17, 15) is 14.7 Å². The van der Waals surface area contributed by atoms with Gasteiger partial charge in [-0.2, -0.15) is 0 Å². The molecule has 2 rings (SSSR count). The number of carbonyl (C=O) groups is 2. The van der Waals surface area contributed by atoms with Crippen LogP contribution in [0.25, 0.3) is 0 Å². The maximum absolute atomic E-state index is 12.2. The lowest BCUT2D eigenvalue weighted by Gasteiger charge is -2.24. The van der Waals surface area contributed by atoms with Crippen LogP contribution in [0, 0.1) is 20.8 Å². The van der Waals surface area contributed by atoms with Gasteiger partial charge in [-0.15, -0.1) is 0 Å². The van der Waals surface area contributed by atoms with E-state index in [1.807, 2.05) is 19.1 Å². The predicted octanol–water partition coefficient (Wildman–Crippen LogP) is 6.60. The first kappa shape index (κ1) is 35.3. The highest BCUT2D eigenvalue weighted by Crippen LogP contribution is 2.34. The fraction of sp³-hybridized carbons (Fsp3) is 0.600. The molecule has 1 N–H and O–H groups in total. The van der Waals surface area contributed by atoms with Crippen molar-refractivity contribution >= 4 is 11.9 Å². The van der Waals surface area contributed by atoms with Crippen molar-refractivity contribution in [1.82, 2.24) is 0 Å². The number of aromatic hydroxyl groups is 1. The van der Waals surface area contributed by atoms with Crippen molar-refractivity contribution < 1.29 is 33.6 Å². The van der Waals surface area contributed by atoms with Gasteiger partial charge in [0.15, 0.2) is 0 Å². The summed E-state index contributed by atoms with van der Waals surface area (Å²) in [6, 6.07) is 8.24. The van der Waals surface area contributed by atoms with Gasteiger partial charge >= 0.3 is 11.9 Å². The summed E-state index contributed by atoms with van der Waals surface area (Å²) in [4.78, 5) is 24.3. The molecule has 0 spiro atoms. The molecule has 234 valence electrons. The largest absolute Gasteiger partial charge is 0.507 e. The Balaban J connectivity index is 1.53. The van der Waals surface area contributed by atoms with Crippen LogP contribution >= 0.6 is 0 Å². The lowest BCUT2D eigenvalue weighted by atomic mass is 9.81. The molecule has 0 unspecified atom stereocenters. The van der Waals surface area contributed by atoms with Crippen molar-refractivity contribution in [2.45, 2.75) is 98.8 Å². The lowest BCUT2D eigenvalue weighted by Crippen LogP contribution is -2.16. The predicted molar refractivity (Wildman–Crippen MR) is 166 cm³/mol. The zero-order valence-corrected chi connectivity index (χ0v) is 27.3. The molecular formula is C35H52O7. The van der Waals surface area contributed by atoms with Crippen LogP contribution < -0.4 is 0 Å². The van der Waals surface area contributed by atoms with E-state index in [1.54, 1.807) is 0 Å². The molecule has 7 heteroatoms. The summed E-state index contributed by atoms with van der Waals surface area (Å²) < 4.78 is 21.5. The van der Waals surface area contributed by atoms with Crippen LogP contribution in [-0.4, -0.2) is 56.7 Å². The summed E-state index contributed by atoms with van der Waals surface area (Å²) in [5, 5.41) is 10.4. The first-order valence-corrected chi connectivity index (χ1v) is 15.0. The monoisotopic (exact) mass is 584 g/mol. The van der Waals surface area contributed by atoms with Gasteiger partial charge in [-0.3, -0.25) is 9.59 Å². The van der Waals surface area contributed by atoms with Crippen molar-refractivity contribution in [3.05, 3.63) is 63.2 Å². The lowest BCUT2D eigenvalue weighted by molar-refractivity contribution is -0.146. The zero-order chi connectivity index (χ0) is 31.5. The van der Waals surface area contributed by atoms with E-state index in [2.05, 4.69) is 67.5 Å². The van der Waals surface area contributed by atoms with Crippen molar-refractivity contribution in [1.29, 1.82) is 0 Å². The van der Waals surface area contributed by atoms with Crippen LogP contribution in [0.4, 0.5) is 0 Å². The Morgan fingerprint density at radius 3 is 1.48 bits per heavy atom. The molecule has 0 aromatic heterocycles. The molecule has 0 radical (unpaired) electrons. The molecule has 0 amide bonds. The van der Waals surface area contributed by atoms with Gasteiger partial charge in [-0.25, -0.2) is 0 Å². The Morgan fingerprint density at radius 2 is 1.02 bits per heavy atom. The Hall–Kier alpha value is -2.90. The molecule has 0 aliphatic rings. The molecule has 2 aromatic carbocycles. The minimum Gasteiger partial charge on any atom is -0.507 e. The Morgan fingerprint density at radius 1 is 0.619 bits per heavy atom. The third-order valence-corrected chi connectivity index (χ3v) is 7.29. The number of esters is 2. The summed E-state index contributed by atoms with van der Waals surface area (Å²) in [5.74, 6) is -0.205. The van der Waals surface area contributed by atoms with E-state index in [1.165, 1.54) is 16.7 Å². The van der Waals surface area contributed by atoms with Crippen LogP contribution in [0.15, 0.2) is 24.3 Å². The number of phenols is 1. The molecule has 0 saturated heterocycles. The number of phenolic OH excluding ortho intramolecular Hbond substituents is 1. The van der Waals surface area contributed by atoms with Crippen LogP contribution in [0.5, 0.6) is 5.75 Å². The van der Waals surface area contributed by atoms with E-state index in [0.29, 0.717) is 44.8 Å². The molecule has 0 atom stereocenters. The average Bonchev–Trinajstić information content (AvgIpc) is 2.89. The summed E-state index contributed by atoms with van der Waals surface area (Å²) in [7, 11) is 0. The fourth-order valence-corrected chi connectivity index (χ4v) is 4.82. The van der Waals surface area contributed by atoms with Crippen LogP contribution in [0.2, 0.25) is 0 Å². The second-order valence-corrected chi connectivity index (χ2v) is 13.1. The van der Waals surface area contributed by atoms with E-state index < -0.39 is 0 Å². The molecule has 0 aliphatic carbocycles. The molecule has 0 saturated carbocycles. The smallest absolute Gasteiger partial charge is 0.306 e. The molecule has 0 heterocycles. The van der Waals surface area contributed by atoms with Gasteiger partial charge < -0.3 is 24.1 Å². The highest BCUT2D eigenvalue weighted by molar-refractivity contribution is 5.70. The summed E-state index contributed by atoms with van der Waals surface area (Å²) >= 11 is 0. The fourth-order valence-electron chi connectivity index (χ4n) is 4.82. The van der Waals surface area contributed by atoms with Gasteiger partial charge in [0, 0.05) is 12.8 Å². The highest BCUT2D eigenvalue weighted by atomic mass is 16.6. The van der Waals surface area contributed by atoms with Crippen LogP contribution in [0.1, 0.15) is 93.3 Å². The first-order chi connectivity index (χ1) is 19.6. The van der Waals surface area contributed by atoms with E-state index >= 15 is 0 Å². The molecule has 7 nitrogen and oxygen atoms in total. The van der Waals surface area contributed by atoms with Crippen LogP contribution in [-0.2, 0) is 52.2 Å². The van der Waals surface area contributed by atoms with Gasteiger partial charge in [-0.05, 0) is 83.4 Å². The number of aryl methyl sites for hydroxylation is 4. The molecule has 0 aliphatic heterocycles. The van der Waals surface area contributed by atoms with E-state index in [4.69, 9.17) is 18.9 Å². The maximum Gasteiger partial charge on any atom is 0.306 e. The number of rotatable bonds is 15. The minimum atomic E-state index is -0.285. The SMILES string of the molecule is Cc1cc(CCC(=O)OCCOCCOCCOC(=O)CCc2cc(C)c(O)c(C(C)(C)C)c2)cc(C(C)(C)C)c1C. The first-order valence-electron chi connectivity index (χ1n) is 15.0. The summed E-state index contributed by atoms with van der Waals surface area (Å²) in [6.45, 7) is 20.6. The topological polar surface area (TPSA) is 91.3 Å². The van der Waals surface area contributed by atoms with Gasteiger partial charge in [0.25, 0.3) is 0 Å². The van der Waals surface area contributed by atoms with Crippen molar-refractivity contribution in [2.24, 2.45) is 0 Å². The van der Waals surface area contributed by atoms with Gasteiger partial charge in [-0.1, -0.05) is 65.8 Å². The molecular weight excluding hydrogens is 532 g/mol. The van der Waals surface area contributed by atoms with E-state index in [0.717, 1.165) is 22.3 Å². The van der Waals surface area contributed by atoms with Crippen molar-refractivity contribution in [3.8, 4) is 5.75 Å². The zero-order valence-electron chi connectivity index (χ0n) is 27.3. The number of hydrogen-bond donors (Lipinski definition) is 1. The summed E-state index contributed by atoms with van der Waals surface area (Å²) in [5.41, 5.74) is 7.58. The van der Waals surface area contributed by atoms with Gasteiger partial charge in [0.2, 0.25) is 0 Å². The Kier molecular flexibility index (Phi) is 13.5. The Labute approximate surface area is 252 Å². The normalized spacial score (nSPS) is 11.9. The van der Waals surface area contributed by atoms with Crippen molar-refractivity contribution in [2.75, 3.05) is 39.6 Å². The standard InChI is InChI=1S/C35H52O7/c1-24-20-27(22-29(26(24)3)34(4,5)6)10-12-31(36)41-18-16-39-14-15-40-17-19-42-32(37)13-11-28-21-25(2)33(38)30(23-28)35(7,8)9/h20-23,38H,10-19H2,1-9H3. The quantitative estimate of drug-likeness (QED) is 0.186. The number of hydrogen-bond acceptors (Lipinski definition) is 7. The number of ether oxygens (including phenoxy) is 4. The highest BCUT2D eigenvalue weighted by Gasteiger charge is 2.21. The average molecular weight is 585 g/mol. The number of carbonyl (C=O) groups excluding carboxylic acids is 2. The van der Waals surface area contributed by atoms with Crippen molar-refractivity contribution in [3.63, 3.8) is 0 Å². The van der Waals surface area contributed by atoms with Gasteiger partial charge in [0.05, 0.1) is 26.4 Å². The molecule has 2 aromatic rings. The van der Waals surface area contributed by atoms with Crippen LogP contribution in [0.3, 0.4) is 0 Å².